The number of nitrogens with one attached hydrogen (secondary N) is 2. The second-order valence-electron chi connectivity index (χ2n) is 8.16. The molecule has 2 atom stereocenters. The lowest BCUT2D eigenvalue weighted by Crippen LogP contribution is -2.43. The number of anilines is 1. The molecule has 0 aliphatic carbocycles. The molecule has 3 rings (SSSR count). The van der Waals surface area contributed by atoms with Gasteiger partial charge in [0.05, 0.1) is 11.4 Å². The number of aliphatic imine (C=N–C) groups is 1. The molecule has 1 aliphatic rings. The fourth-order valence-electron chi connectivity index (χ4n) is 3.68. The maximum atomic E-state index is 13.3. The number of sulfonamides is 1. The van der Waals surface area contributed by atoms with Crippen molar-refractivity contribution >= 4 is 33.4 Å². The summed E-state index contributed by atoms with van der Waals surface area (Å²) < 4.78 is 27.3. The Labute approximate surface area is 195 Å². The molecule has 176 valence electrons. The van der Waals surface area contributed by atoms with E-state index < -0.39 is 16.1 Å². The van der Waals surface area contributed by atoms with E-state index in [0.29, 0.717) is 12.0 Å². The highest BCUT2D eigenvalue weighted by atomic mass is 32.2. The largest absolute Gasteiger partial charge is 0.335 e. The third kappa shape index (κ3) is 5.42. The van der Waals surface area contributed by atoms with Crippen LogP contribution in [0.3, 0.4) is 0 Å². The zero-order chi connectivity index (χ0) is 24.2. The molecule has 0 bridgehead atoms. The fourth-order valence-corrected chi connectivity index (χ4v) is 4.92. The van der Waals surface area contributed by atoms with Gasteiger partial charge in [0.15, 0.2) is 0 Å². The van der Waals surface area contributed by atoms with Gasteiger partial charge in [0, 0.05) is 18.3 Å². The number of fused-ring (bicyclic) bond motifs is 1. The molecule has 8 nitrogen and oxygen atoms in total. The Morgan fingerprint density at radius 1 is 1.09 bits per heavy atom. The van der Waals surface area contributed by atoms with E-state index in [0.717, 1.165) is 17.7 Å². The molecule has 0 unspecified atom stereocenters. The molecule has 9 heteroatoms. The van der Waals surface area contributed by atoms with Gasteiger partial charge in [-0.05, 0) is 36.1 Å². The number of aryl methyl sites for hydroxylation is 1. The second-order valence-corrected chi connectivity index (χ2v) is 9.81. The number of likely N-dealkylation sites (N-methyl/N-ethyl adjacent to an activating group) is 1. The number of carbonyl (C=O) groups is 2. The maximum Gasteiger partial charge on any atom is 0.263 e. The predicted molar refractivity (Wildman–Crippen MR) is 129 cm³/mol. The zero-order valence-corrected chi connectivity index (χ0v) is 20.1. The minimum atomic E-state index is -3.71. The summed E-state index contributed by atoms with van der Waals surface area (Å²) in [5.74, 6) is -0.666. The van der Waals surface area contributed by atoms with Gasteiger partial charge >= 0.3 is 0 Å². The van der Waals surface area contributed by atoms with Crippen molar-refractivity contribution in [1.29, 1.82) is 0 Å². The van der Waals surface area contributed by atoms with Crippen molar-refractivity contribution in [3.05, 3.63) is 59.7 Å². The van der Waals surface area contributed by atoms with Crippen molar-refractivity contribution in [3.8, 4) is 0 Å². The summed E-state index contributed by atoms with van der Waals surface area (Å²) in [6, 6.07) is 13.2. The SMILES string of the molecule is CCc1ccccc1NC(=O)CN(C)C(=O)[C@@H](N=C1NS(=O)(=O)c2ccccc21)[C@@H](C)CC. The van der Waals surface area contributed by atoms with Crippen molar-refractivity contribution in [2.45, 2.75) is 44.6 Å². The van der Waals surface area contributed by atoms with Crippen LogP contribution >= 0.6 is 0 Å². The summed E-state index contributed by atoms with van der Waals surface area (Å²) in [6.07, 6.45) is 1.43. The third-order valence-electron chi connectivity index (χ3n) is 5.80. The minimum absolute atomic E-state index is 0.140. The van der Waals surface area contributed by atoms with E-state index in [-0.39, 0.29) is 35.0 Å². The molecule has 0 aromatic heterocycles. The van der Waals surface area contributed by atoms with E-state index in [2.05, 4.69) is 15.0 Å². The van der Waals surface area contributed by atoms with Crippen LogP contribution in [0.1, 0.15) is 38.3 Å². The molecule has 2 amide bonds. The molecule has 0 radical (unpaired) electrons. The Hall–Kier alpha value is -3.20. The Bertz CT molecular complexity index is 1180. The summed E-state index contributed by atoms with van der Waals surface area (Å²) in [5.41, 5.74) is 2.17. The van der Waals surface area contributed by atoms with Gasteiger partial charge < -0.3 is 10.2 Å². The lowest BCUT2D eigenvalue weighted by Gasteiger charge is -2.25. The molecule has 0 saturated heterocycles. The van der Waals surface area contributed by atoms with E-state index in [1.165, 1.54) is 11.0 Å². The highest BCUT2D eigenvalue weighted by Gasteiger charge is 2.34. The van der Waals surface area contributed by atoms with Crippen molar-refractivity contribution in [2.24, 2.45) is 10.9 Å². The number of hydrogen-bond donors (Lipinski definition) is 2. The molecule has 1 heterocycles. The van der Waals surface area contributed by atoms with Crippen LogP contribution < -0.4 is 10.0 Å². The Kier molecular flexibility index (Phi) is 7.53. The highest BCUT2D eigenvalue weighted by molar-refractivity contribution is 7.90. The summed E-state index contributed by atoms with van der Waals surface area (Å²) in [5, 5.41) is 2.87. The molecular weight excluding hydrogens is 440 g/mol. The fraction of sp³-hybridized carbons (Fsp3) is 0.375. The lowest BCUT2D eigenvalue weighted by atomic mass is 9.98. The number of amidine groups is 1. The Morgan fingerprint density at radius 3 is 2.45 bits per heavy atom. The molecule has 2 N–H and O–H groups in total. The molecular formula is C24H30N4O4S. The summed E-state index contributed by atoms with van der Waals surface area (Å²) >= 11 is 0. The number of hydrogen-bond acceptors (Lipinski definition) is 5. The van der Waals surface area contributed by atoms with Crippen molar-refractivity contribution in [3.63, 3.8) is 0 Å². The van der Waals surface area contributed by atoms with Gasteiger partial charge in [-0.2, -0.15) is 0 Å². The molecule has 2 aromatic rings. The van der Waals surface area contributed by atoms with Gasteiger partial charge in [0.25, 0.3) is 10.0 Å². The number of nitrogens with zero attached hydrogens (tertiary/aromatic N) is 2. The predicted octanol–water partition coefficient (Wildman–Crippen LogP) is 2.80. The average molecular weight is 471 g/mol. The highest BCUT2D eigenvalue weighted by Crippen LogP contribution is 2.24. The third-order valence-corrected chi connectivity index (χ3v) is 7.19. The maximum absolute atomic E-state index is 13.3. The van der Waals surface area contributed by atoms with E-state index in [1.807, 2.05) is 45.0 Å². The van der Waals surface area contributed by atoms with Crippen LogP contribution in [-0.2, 0) is 26.0 Å². The molecule has 1 aliphatic heterocycles. The summed E-state index contributed by atoms with van der Waals surface area (Å²) in [4.78, 5) is 31.9. The van der Waals surface area contributed by atoms with Crippen LogP contribution in [0.4, 0.5) is 5.69 Å². The van der Waals surface area contributed by atoms with Crippen LogP contribution in [0.25, 0.3) is 0 Å². The number of para-hydroxylation sites is 1. The molecule has 0 saturated carbocycles. The van der Waals surface area contributed by atoms with Gasteiger partial charge in [-0.25, -0.2) is 8.42 Å². The van der Waals surface area contributed by atoms with Crippen molar-refractivity contribution in [2.75, 3.05) is 18.9 Å². The first-order valence-corrected chi connectivity index (χ1v) is 12.5. The average Bonchev–Trinajstić information content (AvgIpc) is 3.06. The normalized spacial score (nSPS) is 17.0. The Balaban J connectivity index is 1.80. The number of carbonyl (C=O) groups excluding carboxylic acids is 2. The summed E-state index contributed by atoms with van der Waals surface area (Å²) in [7, 11) is -2.16. The van der Waals surface area contributed by atoms with Crippen molar-refractivity contribution < 1.29 is 18.0 Å². The standard InChI is InChI=1S/C24H30N4O4S/c1-5-16(3)22(26-23-18-12-8-10-14-20(18)33(31,32)27-23)24(30)28(4)15-21(29)25-19-13-9-7-11-17(19)6-2/h7-14,16,22H,5-6,15H2,1-4H3,(H,25,29)(H,26,27)/t16-,22-/m0/s1. The van der Waals surface area contributed by atoms with Crippen LogP contribution in [0.2, 0.25) is 0 Å². The smallest absolute Gasteiger partial charge is 0.263 e. The zero-order valence-electron chi connectivity index (χ0n) is 19.3. The van der Waals surface area contributed by atoms with Crippen molar-refractivity contribution in [1.82, 2.24) is 9.62 Å². The van der Waals surface area contributed by atoms with Crippen LogP contribution in [0.15, 0.2) is 58.4 Å². The van der Waals surface area contributed by atoms with Gasteiger partial charge in [-0.1, -0.05) is 57.5 Å². The van der Waals surface area contributed by atoms with Gasteiger partial charge in [-0.15, -0.1) is 0 Å². The van der Waals surface area contributed by atoms with E-state index in [9.17, 15) is 18.0 Å². The summed E-state index contributed by atoms with van der Waals surface area (Å²) in [6.45, 7) is 5.68. The minimum Gasteiger partial charge on any atom is -0.335 e. The Morgan fingerprint density at radius 2 is 1.76 bits per heavy atom. The number of amides is 2. The van der Waals surface area contributed by atoms with Crippen LogP contribution in [0, 0.1) is 5.92 Å². The number of rotatable bonds is 8. The van der Waals surface area contributed by atoms with E-state index in [1.54, 1.807) is 25.2 Å². The number of benzene rings is 2. The lowest BCUT2D eigenvalue weighted by molar-refractivity contribution is -0.135. The monoisotopic (exact) mass is 470 g/mol. The topological polar surface area (TPSA) is 108 Å². The van der Waals surface area contributed by atoms with Crippen LogP contribution in [0.5, 0.6) is 0 Å². The van der Waals surface area contributed by atoms with Crippen LogP contribution in [-0.4, -0.2) is 50.6 Å². The molecule has 0 spiro atoms. The first-order valence-electron chi connectivity index (χ1n) is 11.0. The first-order chi connectivity index (χ1) is 15.7. The first kappa shape index (κ1) is 24.4. The second kappa shape index (κ2) is 10.2. The van der Waals surface area contributed by atoms with Gasteiger partial charge in [0.2, 0.25) is 11.8 Å². The molecule has 33 heavy (non-hydrogen) atoms. The molecule has 2 aromatic carbocycles. The van der Waals surface area contributed by atoms with Gasteiger partial charge in [0.1, 0.15) is 11.9 Å². The van der Waals surface area contributed by atoms with E-state index >= 15 is 0 Å². The van der Waals surface area contributed by atoms with E-state index in [4.69, 9.17) is 0 Å². The molecule has 0 fully saturated rings. The van der Waals surface area contributed by atoms with Gasteiger partial charge in [-0.3, -0.25) is 19.3 Å². The quantitative estimate of drug-likeness (QED) is 0.618.